The number of ketones is 1. The van der Waals surface area contributed by atoms with Crippen LogP contribution in [0.1, 0.15) is 17.3 Å². The maximum atomic E-state index is 11.9. The summed E-state index contributed by atoms with van der Waals surface area (Å²) in [4.78, 5) is 26.0. The molecule has 1 aromatic carbocycles. The van der Waals surface area contributed by atoms with Crippen LogP contribution in [0.3, 0.4) is 0 Å². The van der Waals surface area contributed by atoms with Crippen LogP contribution in [-0.2, 0) is 0 Å². The Balaban J connectivity index is 2.89. The van der Waals surface area contributed by atoms with E-state index in [-0.39, 0.29) is 16.8 Å². The normalized spacial score (nSPS) is 10.5. The molecule has 0 aliphatic rings. The maximum Gasteiger partial charge on any atom is 0.200 e. The van der Waals surface area contributed by atoms with Crippen molar-refractivity contribution in [3.05, 3.63) is 44.7 Å². The van der Waals surface area contributed by atoms with Gasteiger partial charge in [0.2, 0.25) is 0 Å². The highest BCUT2D eigenvalue weighted by Gasteiger charge is 2.08. The molecule has 0 atom stereocenters. The van der Waals surface area contributed by atoms with E-state index in [1.54, 1.807) is 12.1 Å². The standard InChI is InChI=1S/C11H8BrNO2/c1-6(14)9-5-13-10-3-2-7(12)4-8(10)11(9)15/h2-5H,1H3,(H,13,15). The highest BCUT2D eigenvalue weighted by atomic mass is 79.9. The van der Waals surface area contributed by atoms with E-state index in [4.69, 9.17) is 0 Å². The zero-order chi connectivity index (χ0) is 11.0. The second kappa shape index (κ2) is 3.62. The Kier molecular flexibility index (Phi) is 2.44. The molecule has 1 heterocycles. The molecule has 0 unspecified atom stereocenters. The lowest BCUT2D eigenvalue weighted by Crippen LogP contribution is -2.13. The van der Waals surface area contributed by atoms with Crippen LogP contribution in [0.25, 0.3) is 10.9 Å². The van der Waals surface area contributed by atoms with Crippen LogP contribution in [0, 0.1) is 0 Å². The van der Waals surface area contributed by atoms with Gasteiger partial charge in [0.25, 0.3) is 0 Å². The number of hydrogen-bond donors (Lipinski definition) is 1. The first-order chi connectivity index (χ1) is 7.09. The number of halogens is 1. The number of H-pyrrole nitrogens is 1. The zero-order valence-electron chi connectivity index (χ0n) is 8.00. The minimum Gasteiger partial charge on any atom is -0.360 e. The van der Waals surface area contributed by atoms with Crippen LogP contribution < -0.4 is 5.43 Å². The summed E-state index contributed by atoms with van der Waals surface area (Å²) in [5, 5.41) is 0.525. The summed E-state index contributed by atoms with van der Waals surface area (Å²) in [5.74, 6) is -0.224. The van der Waals surface area contributed by atoms with Gasteiger partial charge in [-0.25, -0.2) is 0 Å². The Labute approximate surface area is 94.3 Å². The summed E-state index contributed by atoms with van der Waals surface area (Å²) in [7, 11) is 0. The lowest BCUT2D eigenvalue weighted by atomic mass is 10.1. The number of Topliss-reactive ketones (excluding diaryl/α,β-unsaturated/α-hetero) is 1. The van der Waals surface area contributed by atoms with E-state index in [0.717, 1.165) is 9.99 Å². The van der Waals surface area contributed by atoms with E-state index >= 15 is 0 Å². The third-order valence-corrected chi connectivity index (χ3v) is 2.72. The molecule has 76 valence electrons. The largest absolute Gasteiger partial charge is 0.360 e. The fourth-order valence-corrected chi connectivity index (χ4v) is 1.81. The van der Waals surface area contributed by atoms with Crippen molar-refractivity contribution in [1.29, 1.82) is 0 Å². The average Bonchev–Trinajstić information content (AvgIpc) is 2.19. The third-order valence-electron chi connectivity index (χ3n) is 2.22. The molecule has 0 radical (unpaired) electrons. The fraction of sp³-hybridized carbons (Fsp3) is 0.0909. The highest BCUT2D eigenvalue weighted by molar-refractivity contribution is 9.10. The molecule has 1 N–H and O–H groups in total. The summed E-state index contributed by atoms with van der Waals surface area (Å²) in [6.07, 6.45) is 1.46. The van der Waals surface area contributed by atoms with E-state index in [1.165, 1.54) is 13.1 Å². The molecule has 0 spiro atoms. The SMILES string of the molecule is CC(=O)c1c[nH]c2ccc(Br)cc2c1=O. The molecule has 0 amide bonds. The van der Waals surface area contributed by atoms with Crippen molar-refractivity contribution >= 4 is 32.6 Å². The fourth-order valence-electron chi connectivity index (χ4n) is 1.45. The summed E-state index contributed by atoms with van der Waals surface area (Å²) < 4.78 is 0.821. The molecule has 0 fully saturated rings. The topological polar surface area (TPSA) is 49.9 Å². The van der Waals surface area contributed by atoms with E-state index in [9.17, 15) is 9.59 Å². The number of aromatic amines is 1. The van der Waals surface area contributed by atoms with E-state index in [2.05, 4.69) is 20.9 Å². The minimum absolute atomic E-state index is 0.195. The van der Waals surface area contributed by atoms with Crippen LogP contribution in [0.4, 0.5) is 0 Å². The molecule has 0 aliphatic heterocycles. The molecule has 0 saturated carbocycles. The van der Waals surface area contributed by atoms with Crippen molar-refractivity contribution in [2.45, 2.75) is 6.92 Å². The lowest BCUT2D eigenvalue weighted by Gasteiger charge is -2.00. The van der Waals surface area contributed by atoms with Gasteiger partial charge in [0.05, 0.1) is 5.56 Å². The Bertz CT molecular complexity index is 601. The first kappa shape index (κ1) is 10.1. The number of carbonyl (C=O) groups excluding carboxylic acids is 1. The molecule has 0 bridgehead atoms. The highest BCUT2D eigenvalue weighted by Crippen LogP contribution is 2.15. The number of nitrogens with one attached hydrogen (secondary N) is 1. The van der Waals surface area contributed by atoms with Gasteiger partial charge in [-0.2, -0.15) is 0 Å². The van der Waals surface area contributed by atoms with Gasteiger partial charge in [-0.15, -0.1) is 0 Å². The Morgan fingerprint density at radius 1 is 1.40 bits per heavy atom. The van der Waals surface area contributed by atoms with Crippen molar-refractivity contribution in [3.8, 4) is 0 Å². The van der Waals surface area contributed by atoms with Crippen molar-refractivity contribution in [1.82, 2.24) is 4.98 Å². The maximum absolute atomic E-state index is 11.9. The third kappa shape index (κ3) is 1.72. The molecule has 15 heavy (non-hydrogen) atoms. The van der Waals surface area contributed by atoms with Crippen LogP contribution in [-0.4, -0.2) is 10.8 Å². The van der Waals surface area contributed by atoms with Crippen LogP contribution in [0.2, 0.25) is 0 Å². The predicted octanol–water partition coefficient (Wildman–Crippen LogP) is 2.49. The first-order valence-corrected chi connectivity index (χ1v) is 5.21. The quantitative estimate of drug-likeness (QED) is 0.806. The molecule has 2 rings (SSSR count). The van der Waals surface area contributed by atoms with Crippen molar-refractivity contribution in [3.63, 3.8) is 0 Å². The van der Waals surface area contributed by atoms with Crippen molar-refractivity contribution in [2.75, 3.05) is 0 Å². The van der Waals surface area contributed by atoms with Crippen molar-refractivity contribution < 1.29 is 4.79 Å². The van der Waals surface area contributed by atoms with E-state index in [1.807, 2.05) is 6.07 Å². The van der Waals surface area contributed by atoms with Crippen LogP contribution >= 0.6 is 15.9 Å². The van der Waals surface area contributed by atoms with Crippen molar-refractivity contribution in [2.24, 2.45) is 0 Å². The van der Waals surface area contributed by atoms with Gasteiger partial charge in [-0.05, 0) is 25.1 Å². The Morgan fingerprint density at radius 3 is 2.80 bits per heavy atom. The Hall–Kier alpha value is -1.42. The van der Waals surface area contributed by atoms with Crippen LogP contribution in [0.15, 0.2) is 33.7 Å². The number of carbonyl (C=O) groups is 1. The number of aromatic nitrogens is 1. The second-order valence-electron chi connectivity index (χ2n) is 3.28. The summed E-state index contributed by atoms with van der Waals surface area (Å²) >= 11 is 3.29. The molecular formula is C11H8BrNO2. The van der Waals surface area contributed by atoms with Gasteiger partial charge in [0.15, 0.2) is 11.2 Å². The molecule has 2 aromatic rings. The average molecular weight is 266 g/mol. The monoisotopic (exact) mass is 265 g/mol. The van der Waals surface area contributed by atoms with E-state index < -0.39 is 0 Å². The smallest absolute Gasteiger partial charge is 0.200 e. The second-order valence-corrected chi connectivity index (χ2v) is 4.19. The molecular weight excluding hydrogens is 258 g/mol. The summed E-state index contributed by atoms with van der Waals surface area (Å²) in [6, 6.07) is 5.34. The number of pyridine rings is 1. The van der Waals surface area contributed by atoms with E-state index in [0.29, 0.717) is 5.39 Å². The van der Waals surface area contributed by atoms with Gasteiger partial charge in [-0.1, -0.05) is 15.9 Å². The molecule has 4 heteroatoms. The zero-order valence-corrected chi connectivity index (χ0v) is 9.59. The molecule has 0 saturated heterocycles. The first-order valence-electron chi connectivity index (χ1n) is 4.41. The van der Waals surface area contributed by atoms with Gasteiger partial charge in [-0.3, -0.25) is 9.59 Å². The summed E-state index contributed by atoms with van der Waals surface area (Å²) in [5.41, 5.74) is 0.700. The van der Waals surface area contributed by atoms with Gasteiger partial charge < -0.3 is 4.98 Å². The summed E-state index contributed by atoms with van der Waals surface area (Å²) in [6.45, 7) is 1.38. The van der Waals surface area contributed by atoms with Crippen LogP contribution in [0.5, 0.6) is 0 Å². The minimum atomic E-state index is -0.224. The molecule has 3 nitrogen and oxygen atoms in total. The van der Waals surface area contributed by atoms with Gasteiger partial charge >= 0.3 is 0 Å². The molecule has 0 aliphatic carbocycles. The predicted molar refractivity (Wildman–Crippen MR) is 62.3 cm³/mol. The number of benzene rings is 1. The number of rotatable bonds is 1. The number of hydrogen-bond acceptors (Lipinski definition) is 2. The lowest BCUT2D eigenvalue weighted by molar-refractivity contribution is 0.101. The Morgan fingerprint density at radius 2 is 2.13 bits per heavy atom. The van der Waals surface area contributed by atoms with Gasteiger partial charge in [0, 0.05) is 21.6 Å². The van der Waals surface area contributed by atoms with Gasteiger partial charge in [0.1, 0.15) is 0 Å². The number of fused-ring (bicyclic) bond motifs is 1. The molecule has 1 aromatic heterocycles.